The molecule has 242 valence electrons. The first-order valence-corrected chi connectivity index (χ1v) is 17.0. The molecule has 0 aromatic heterocycles. The molecule has 1 atom stereocenters. The van der Waals surface area contributed by atoms with E-state index in [9.17, 15) is 22.4 Å². The van der Waals surface area contributed by atoms with Gasteiger partial charge in [0, 0.05) is 19.5 Å². The van der Waals surface area contributed by atoms with Crippen molar-refractivity contribution in [2.45, 2.75) is 44.7 Å². The summed E-state index contributed by atoms with van der Waals surface area (Å²) in [5, 5.41) is 2.99. The highest BCUT2D eigenvalue weighted by Gasteiger charge is 2.35. The van der Waals surface area contributed by atoms with Crippen LogP contribution in [0.4, 0.5) is 10.1 Å². The summed E-state index contributed by atoms with van der Waals surface area (Å²) in [5.41, 5.74) is 2.21. The predicted octanol–water partition coefficient (Wildman–Crippen LogP) is 7.05. The number of nitrogens with zero attached hydrogens (tertiary/aromatic N) is 2. The van der Waals surface area contributed by atoms with E-state index >= 15 is 0 Å². The molecule has 0 bridgehead atoms. The number of halogens is 3. The lowest BCUT2D eigenvalue weighted by atomic mass is 10.0. The van der Waals surface area contributed by atoms with Gasteiger partial charge in [-0.05, 0) is 60.4 Å². The van der Waals surface area contributed by atoms with E-state index in [0.717, 1.165) is 15.4 Å². The fourth-order valence-corrected chi connectivity index (χ4v) is 6.67. The second-order valence-electron chi connectivity index (χ2n) is 11.4. The number of benzene rings is 4. The average Bonchev–Trinajstić information content (AvgIpc) is 3.03. The van der Waals surface area contributed by atoms with Gasteiger partial charge in [0.15, 0.2) is 0 Å². The minimum absolute atomic E-state index is 0.00805. The van der Waals surface area contributed by atoms with Crippen molar-refractivity contribution in [1.82, 2.24) is 10.2 Å². The maximum absolute atomic E-state index is 14.5. The fraction of sp³-hybridized carbons (Fsp3) is 0.257. The Balaban J connectivity index is 1.82. The van der Waals surface area contributed by atoms with Crippen molar-refractivity contribution >= 4 is 50.7 Å². The highest BCUT2D eigenvalue weighted by Crippen LogP contribution is 2.35. The van der Waals surface area contributed by atoms with Gasteiger partial charge in [0.05, 0.1) is 20.6 Å². The number of sulfonamides is 1. The second-order valence-corrected chi connectivity index (χ2v) is 14.0. The Morgan fingerprint density at radius 2 is 1.50 bits per heavy atom. The standard InChI is InChI=1S/C35H36Cl2FN3O4S/c1-24(2)21-39-35(43)32(20-26-8-5-4-6-9-26)40(22-27-14-16-28(38)17-15-27)33(42)23-41(31-11-7-10-30(36)34(31)37)46(44,45)29-18-12-25(3)13-19-29/h4-19,24,32H,20-23H2,1-3H3,(H,39,43)/t32-/m0/s1. The van der Waals surface area contributed by atoms with Crippen molar-refractivity contribution < 1.29 is 22.4 Å². The molecular weight excluding hydrogens is 648 g/mol. The molecule has 0 aliphatic rings. The molecule has 4 rings (SSSR count). The van der Waals surface area contributed by atoms with Crippen LogP contribution >= 0.6 is 23.2 Å². The van der Waals surface area contributed by atoms with Crippen molar-refractivity contribution in [3.63, 3.8) is 0 Å². The van der Waals surface area contributed by atoms with Crippen molar-refractivity contribution in [3.05, 3.63) is 130 Å². The van der Waals surface area contributed by atoms with Crippen LogP contribution in [0.15, 0.2) is 102 Å². The van der Waals surface area contributed by atoms with E-state index in [1.54, 1.807) is 18.2 Å². The molecule has 0 aliphatic heterocycles. The summed E-state index contributed by atoms with van der Waals surface area (Å²) in [4.78, 5) is 29.6. The normalized spacial score (nSPS) is 12.1. The monoisotopic (exact) mass is 683 g/mol. The highest BCUT2D eigenvalue weighted by molar-refractivity contribution is 7.92. The Morgan fingerprint density at radius 1 is 0.848 bits per heavy atom. The predicted molar refractivity (Wildman–Crippen MR) is 181 cm³/mol. The minimum Gasteiger partial charge on any atom is -0.354 e. The van der Waals surface area contributed by atoms with Gasteiger partial charge in [-0.3, -0.25) is 13.9 Å². The van der Waals surface area contributed by atoms with Crippen molar-refractivity contribution in [2.24, 2.45) is 5.92 Å². The van der Waals surface area contributed by atoms with Gasteiger partial charge in [0.25, 0.3) is 10.0 Å². The molecular formula is C35H36Cl2FN3O4S. The Labute approximate surface area is 280 Å². The van der Waals surface area contributed by atoms with Crippen LogP contribution in [-0.2, 0) is 32.6 Å². The van der Waals surface area contributed by atoms with Gasteiger partial charge in [0.2, 0.25) is 11.8 Å². The summed E-state index contributed by atoms with van der Waals surface area (Å²) in [6.45, 7) is 5.32. The first-order chi connectivity index (χ1) is 21.9. The van der Waals surface area contributed by atoms with Crippen molar-refractivity contribution in [1.29, 1.82) is 0 Å². The number of carbonyl (C=O) groups excluding carboxylic acids is 2. The largest absolute Gasteiger partial charge is 0.354 e. The molecule has 0 heterocycles. The van der Waals surface area contributed by atoms with E-state index in [-0.39, 0.29) is 39.5 Å². The summed E-state index contributed by atoms with van der Waals surface area (Å²) in [6.07, 6.45) is 0.153. The third kappa shape index (κ3) is 8.87. The minimum atomic E-state index is -4.35. The second kappa shape index (κ2) is 15.6. The van der Waals surface area contributed by atoms with E-state index in [1.165, 1.54) is 53.4 Å². The average molecular weight is 685 g/mol. The molecule has 2 amide bonds. The zero-order valence-corrected chi connectivity index (χ0v) is 28.1. The number of amides is 2. The molecule has 4 aromatic rings. The number of aryl methyl sites for hydroxylation is 1. The molecule has 0 saturated heterocycles. The number of hydrogen-bond donors (Lipinski definition) is 1. The molecule has 0 aliphatic carbocycles. The number of rotatable bonds is 13. The van der Waals surface area contributed by atoms with Gasteiger partial charge in [0.1, 0.15) is 18.4 Å². The van der Waals surface area contributed by atoms with Crippen molar-refractivity contribution in [3.8, 4) is 0 Å². The third-order valence-corrected chi connectivity index (χ3v) is 9.89. The molecule has 0 saturated carbocycles. The van der Waals surface area contributed by atoms with Gasteiger partial charge < -0.3 is 10.2 Å². The molecule has 46 heavy (non-hydrogen) atoms. The number of hydrogen-bond acceptors (Lipinski definition) is 4. The summed E-state index contributed by atoms with van der Waals surface area (Å²) >= 11 is 12.8. The summed E-state index contributed by atoms with van der Waals surface area (Å²) in [7, 11) is -4.35. The van der Waals surface area contributed by atoms with Gasteiger partial charge in [-0.25, -0.2) is 12.8 Å². The lowest BCUT2D eigenvalue weighted by Crippen LogP contribution is -2.53. The molecule has 11 heteroatoms. The molecule has 0 radical (unpaired) electrons. The number of carbonyl (C=O) groups is 2. The zero-order valence-electron chi connectivity index (χ0n) is 25.8. The molecule has 4 aromatic carbocycles. The summed E-state index contributed by atoms with van der Waals surface area (Å²) in [6, 6.07) is 24.5. The first kappa shape index (κ1) is 34.9. The van der Waals surface area contributed by atoms with Gasteiger partial charge in [-0.1, -0.05) is 103 Å². The fourth-order valence-electron chi connectivity index (χ4n) is 4.80. The van der Waals surface area contributed by atoms with E-state index < -0.39 is 40.2 Å². The first-order valence-electron chi connectivity index (χ1n) is 14.8. The van der Waals surface area contributed by atoms with Crippen LogP contribution in [0.3, 0.4) is 0 Å². The van der Waals surface area contributed by atoms with Crippen LogP contribution < -0.4 is 9.62 Å². The smallest absolute Gasteiger partial charge is 0.264 e. The third-order valence-electron chi connectivity index (χ3n) is 7.31. The maximum Gasteiger partial charge on any atom is 0.264 e. The quantitative estimate of drug-likeness (QED) is 0.164. The Hall–Kier alpha value is -3.92. The Kier molecular flexibility index (Phi) is 11.8. The number of nitrogens with one attached hydrogen (secondary N) is 1. The van der Waals surface area contributed by atoms with E-state index in [0.29, 0.717) is 12.1 Å². The molecule has 0 spiro atoms. The number of anilines is 1. The summed E-state index contributed by atoms with van der Waals surface area (Å²) in [5.74, 6) is -1.38. The SMILES string of the molecule is Cc1ccc(S(=O)(=O)N(CC(=O)N(Cc2ccc(F)cc2)[C@@H](Cc2ccccc2)C(=O)NCC(C)C)c2cccc(Cl)c2Cl)cc1. The van der Waals surface area contributed by atoms with Crippen LogP contribution in [-0.4, -0.2) is 44.3 Å². The zero-order chi connectivity index (χ0) is 33.4. The summed E-state index contributed by atoms with van der Waals surface area (Å²) < 4.78 is 43.1. The molecule has 0 unspecified atom stereocenters. The van der Waals surface area contributed by atoms with Crippen LogP contribution in [0.2, 0.25) is 10.0 Å². The Bertz CT molecular complexity index is 1750. The van der Waals surface area contributed by atoms with Crippen LogP contribution in [0.25, 0.3) is 0 Å². The van der Waals surface area contributed by atoms with Crippen LogP contribution in [0, 0.1) is 18.7 Å². The molecule has 7 nitrogen and oxygen atoms in total. The van der Waals surface area contributed by atoms with E-state index in [4.69, 9.17) is 23.2 Å². The lowest BCUT2D eigenvalue weighted by molar-refractivity contribution is -0.140. The molecule has 0 fully saturated rings. The van der Waals surface area contributed by atoms with Gasteiger partial charge >= 0.3 is 0 Å². The van der Waals surface area contributed by atoms with Crippen molar-refractivity contribution in [2.75, 3.05) is 17.4 Å². The van der Waals surface area contributed by atoms with Crippen LogP contribution in [0.1, 0.15) is 30.5 Å². The maximum atomic E-state index is 14.5. The molecule has 1 N–H and O–H groups in total. The van der Waals surface area contributed by atoms with Crippen LogP contribution in [0.5, 0.6) is 0 Å². The topological polar surface area (TPSA) is 86.8 Å². The Morgan fingerprint density at radius 3 is 2.13 bits per heavy atom. The highest BCUT2D eigenvalue weighted by atomic mass is 35.5. The van der Waals surface area contributed by atoms with Gasteiger partial charge in [-0.15, -0.1) is 0 Å². The van der Waals surface area contributed by atoms with E-state index in [2.05, 4.69) is 5.32 Å². The van der Waals surface area contributed by atoms with Gasteiger partial charge in [-0.2, -0.15) is 0 Å². The lowest BCUT2D eigenvalue weighted by Gasteiger charge is -2.34. The van der Waals surface area contributed by atoms with E-state index in [1.807, 2.05) is 51.1 Å².